The number of rotatable bonds is 4. The molecule has 0 saturated carbocycles. The molecule has 1 heterocycles. The number of benzene rings is 2. The second-order valence-electron chi connectivity index (χ2n) is 6.21. The number of hydrogen-bond acceptors (Lipinski definition) is 3. The van der Waals surface area contributed by atoms with Gasteiger partial charge in [-0.3, -0.25) is 4.79 Å². The maximum absolute atomic E-state index is 12.8. The van der Waals surface area contributed by atoms with Crippen molar-refractivity contribution in [2.75, 3.05) is 20.2 Å². The SMILES string of the molecule is COC1(C(=O)NC(C)c2cccc3ccccc23)CCNCC1. The fourth-order valence-electron chi connectivity index (χ4n) is 3.39. The third kappa shape index (κ3) is 3.09. The molecule has 0 bridgehead atoms. The molecule has 1 atom stereocenters. The largest absolute Gasteiger partial charge is 0.368 e. The summed E-state index contributed by atoms with van der Waals surface area (Å²) in [5.41, 5.74) is 0.432. The van der Waals surface area contributed by atoms with Crippen LogP contribution in [-0.2, 0) is 9.53 Å². The minimum Gasteiger partial charge on any atom is -0.368 e. The lowest BCUT2D eigenvalue weighted by molar-refractivity contribution is -0.147. The average Bonchev–Trinajstić information content (AvgIpc) is 2.61. The van der Waals surface area contributed by atoms with E-state index in [0.717, 1.165) is 18.7 Å². The molecule has 2 aromatic carbocycles. The number of piperidine rings is 1. The molecule has 1 aliphatic heterocycles. The van der Waals surface area contributed by atoms with Gasteiger partial charge in [0, 0.05) is 7.11 Å². The summed E-state index contributed by atoms with van der Waals surface area (Å²) in [6.45, 7) is 3.65. The quantitative estimate of drug-likeness (QED) is 0.913. The zero-order chi connectivity index (χ0) is 16.3. The van der Waals surface area contributed by atoms with Crippen LogP contribution in [0.15, 0.2) is 42.5 Å². The smallest absolute Gasteiger partial charge is 0.252 e. The first-order valence-electron chi connectivity index (χ1n) is 8.21. The van der Waals surface area contributed by atoms with Crippen molar-refractivity contribution in [1.29, 1.82) is 0 Å². The minimum atomic E-state index is -0.704. The van der Waals surface area contributed by atoms with E-state index in [4.69, 9.17) is 4.74 Å². The van der Waals surface area contributed by atoms with Gasteiger partial charge < -0.3 is 15.4 Å². The van der Waals surface area contributed by atoms with Crippen LogP contribution >= 0.6 is 0 Å². The second kappa shape index (κ2) is 6.69. The Labute approximate surface area is 137 Å². The molecule has 0 radical (unpaired) electrons. The van der Waals surface area contributed by atoms with E-state index >= 15 is 0 Å². The maximum atomic E-state index is 12.8. The summed E-state index contributed by atoms with van der Waals surface area (Å²) in [7, 11) is 1.63. The zero-order valence-electron chi connectivity index (χ0n) is 13.8. The van der Waals surface area contributed by atoms with Gasteiger partial charge in [-0.2, -0.15) is 0 Å². The highest BCUT2D eigenvalue weighted by molar-refractivity contribution is 5.88. The normalized spacial score (nSPS) is 18.5. The van der Waals surface area contributed by atoms with E-state index < -0.39 is 5.60 Å². The Bertz CT molecular complexity index is 687. The van der Waals surface area contributed by atoms with E-state index in [0.29, 0.717) is 12.8 Å². The maximum Gasteiger partial charge on any atom is 0.252 e. The van der Waals surface area contributed by atoms with Crippen LogP contribution in [0.5, 0.6) is 0 Å². The number of methoxy groups -OCH3 is 1. The van der Waals surface area contributed by atoms with Crippen molar-refractivity contribution in [3.63, 3.8) is 0 Å². The predicted molar refractivity (Wildman–Crippen MR) is 92.3 cm³/mol. The van der Waals surface area contributed by atoms with Gasteiger partial charge >= 0.3 is 0 Å². The topological polar surface area (TPSA) is 50.4 Å². The number of fused-ring (bicyclic) bond motifs is 1. The first-order valence-corrected chi connectivity index (χ1v) is 8.21. The standard InChI is InChI=1S/C19H24N2O2/c1-14(16-9-5-7-15-6-3-4-8-17(15)16)21-18(22)19(23-2)10-12-20-13-11-19/h3-9,14,20H,10-13H2,1-2H3,(H,21,22). The fourth-order valence-corrected chi connectivity index (χ4v) is 3.39. The average molecular weight is 312 g/mol. The number of hydrogen-bond donors (Lipinski definition) is 2. The van der Waals surface area contributed by atoms with Crippen molar-refractivity contribution >= 4 is 16.7 Å². The third-order valence-electron chi connectivity index (χ3n) is 4.85. The summed E-state index contributed by atoms with van der Waals surface area (Å²) in [4.78, 5) is 12.8. The Morgan fingerprint density at radius 3 is 2.61 bits per heavy atom. The summed E-state index contributed by atoms with van der Waals surface area (Å²) in [5, 5.41) is 8.81. The Kier molecular flexibility index (Phi) is 4.64. The highest BCUT2D eigenvalue weighted by Crippen LogP contribution is 2.27. The minimum absolute atomic E-state index is 0.0121. The summed E-state index contributed by atoms with van der Waals surface area (Å²) < 4.78 is 5.61. The van der Waals surface area contributed by atoms with Crippen LogP contribution in [0.4, 0.5) is 0 Å². The lowest BCUT2D eigenvalue weighted by Crippen LogP contribution is -2.54. The van der Waals surface area contributed by atoms with Crippen LogP contribution in [0.25, 0.3) is 10.8 Å². The monoisotopic (exact) mass is 312 g/mol. The number of carbonyl (C=O) groups excluding carboxylic acids is 1. The fraction of sp³-hybridized carbons (Fsp3) is 0.421. The lowest BCUT2D eigenvalue weighted by atomic mass is 9.90. The van der Waals surface area contributed by atoms with Crippen LogP contribution in [-0.4, -0.2) is 31.7 Å². The van der Waals surface area contributed by atoms with Gasteiger partial charge in [-0.15, -0.1) is 0 Å². The molecule has 3 rings (SSSR count). The Balaban J connectivity index is 1.82. The number of amides is 1. The van der Waals surface area contributed by atoms with E-state index in [-0.39, 0.29) is 11.9 Å². The molecular weight excluding hydrogens is 288 g/mol. The molecule has 0 spiro atoms. The van der Waals surface area contributed by atoms with Crippen molar-refractivity contribution in [3.05, 3.63) is 48.0 Å². The number of ether oxygens (including phenoxy) is 1. The molecule has 1 fully saturated rings. The molecule has 4 nitrogen and oxygen atoms in total. The summed E-state index contributed by atoms with van der Waals surface area (Å²) in [6, 6.07) is 14.4. The molecule has 1 aliphatic rings. The zero-order valence-corrected chi connectivity index (χ0v) is 13.8. The van der Waals surface area contributed by atoms with Crippen molar-refractivity contribution in [2.24, 2.45) is 0 Å². The van der Waals surface area contributed by atoms with Gasteiger partial charge in [-0.05, 0) is 49.2 Å². The summed E-state index contributed by atoms with van der Waals surface area (Å²) >= 11 is 0. The van der Waals surface area contributed by atoms with E-state index in [1.165, 1.54) is 10.8 Å². The first kappa shape index (κ1) is 16.0. The van der Waals surface area contributed by atoms with E-state index in [1.54, 1.807) is 7.11 Å². The van der Waals surface area contributed by atoms with Crippen molar-refractivity contribution < 1.29 is 9.53 Å². The molecule has 1 saturated heterocycles. The second-order valence-corrected chi connectivity index (χ2v) is 6.21. The van der Waals surface area contributed by atoms with Crippen molar-refractivity contribution in [3.8, 4) is 0 Å². The van der Waals surface area contributed by atoms with E-state index in [2.05, 4.69) is 34.9 Å². The van der Waals surface area contributed by atoms with Gasteiger partial charge in [-0.25, -0.2) is 0 Å². The van der Waals surface area contributed by atoms with Crippen LogP contribution in [0.2, 0.25) is 0 Å². The Hall–Kier alpha value is -1.91. The van der Waals surface area contributed by atoms with Gasteiger partial charge in [0.25, 0.3) is 5.91 Å². The summed E-state index contributed by atoms with van der Waals surface area (Å²) in [6.07, 6.45) is 1.41. The van der Waals surface area contributed by atoms with Crippen molar-refractivity contribution in [2.45, 2.75) is 31.4 Å². The highest BCUT2D eigenvalue weighted by Gasteiger charge is 2.40. The van der Waals surface area contributed by atoms with Gasteiger partial charge in [-0.1, -0.05) is 42.5 Å². The molecule has 122 valence electrons. The molecule has 0 aliphatic carbocycles. The first-order chi connectivity index (χ1) is 11.2. The van der Waals surface area contributed by atoms with Gasteiger partial charge in [0.15, 0.2) is 0 Å². The summed E-state index contributed by atoms with van der Waals surface area (Å²) in [5.74, 6) is -0.0121. The molecule has 1 unspecified atom stereocenters. The molecule has 2 aromatic rings. The molecule has 0 aromatic heterocycles. The van der Waals surface area contributed by atoms with Crippen LogP contribution in [0.1, 0.15) is 31.4 Å². The van der Waals surface area contributed by atoms with E-state index in [9.17, 15) is 4.79 Å². The molecular formula is C19H24N2O2. The van der Waals surface area contributed by atoms with Gasteiger partial charge in [0.05, 0.1) is 6.04 Å². The lowest BCUT2D eigenvalue weighted by Gasteiger charge is -2.35. The Morgan fingerprint density at radius 2 is 1.87 bits per heavy atom. The third-order valence-corrected chi connectivity index (χ3v) is 4.85. The molecule has 1 amide bonds. The Morgan fingerprint density at radius 1 is 1.17 bits per heavy atom. The molecule has 2 N–H and O–H groups in total. The predicted octanol–water partition coefficient (Wildman–Crippen LogP) is 2.79. The van der Waals surface area contributed by atoms with Crippen molar-refractivity contribution in [1.82, 2.24) is 10.6 Å². The van der Waals surface area contributed by atoms with Crippen LogP contribution in [0, 0.1) is 0 Å². The van der Waals surface area contributed by atoms with Gasteiger partial charge in [0.1, 0.15) is 5.60 Å². The van der Waals surface area contributed by atoms with Crippen LogP contribution < -0.4 is 10.6 Å². The highest BCUT2D eigenvalue weighted by atomic mass is 16.5. The number of nitrogens with one attached hydrogen (secondary N) is 2. The molecule has 4 heteroatoms. The van der Waals surface area contributed by atoms with Crippen LogP contribution in [0.3, 0.4) is 0 Å². The number of carbonyl (C=O) groups is 1. The molecule has 23 heavy (non-hydrogen) atoms. The van der Waals surface area contributed by atoms with Gasteiger partial charge in [0.2, 0.25) is 0 Å². The van der Waals surface area contributed by atoms with E-state index in [1.807, 2.05) is 25.1 Å².